The van der Waals surface area contributed by atoms with E-state index < -0.39 is 0 Å². The fraction of sp³-hybridized carbons (Fsp3) is 0.778. The van der Waals surface area contributed by atoms with Gasteiger partial charge in [0.15, 0.2) is 0 Å². The monoisotopic (exact) mass is 250 g/mol. The fourth-order valence-corrected chi connectivity index (χ4v) is 3.18. The molecule has 4 aliphatic heterocycles. The lowest BCUT2D eigenvalue weighted by molar-refractivity contribution is -0.965. The van der Waals surface area contributed by atoms with E-state index in [0.717, 1.165) is 24.4 Å². The SMILES string of the molecule is ClC=CC[N+]12CC3CN(CN(C1)N3)C2.[Cl-]. The van der Waals surface area contributed by atoms with Gasteiger partial charge in [-0.3, -0.25) is 4.48 Å². The molecule has 6 heteroatoms. The highest BCUT2D eigenvalue weighted by molar-refractivity contribution is 6.25. The molecule has 4 saturated heterocycles. The number of hydrogen-bond acceptors (Lipinski definition) is 3. The number of quaternary nitrogens is 1. The predicted octanol–water partition coefficient (Wildman–Crippen LogP) is -3.05. The van der Waals surface area contributed by atoms with Crippen LogP contribution in [0.15, 0.2) is 11.6 Å². The summed E-state index contributed by atoms with van der Waals surface area (Å²) >= 11 is 5.61. The summed E-state index contributed by atoms with van der Waals surface area (Å²) in [4.78, 5) is 2.52. The molecular formula is C9H16Cl2N4. The lowest BCUT2D eigenvalue weighted by atomic mass is 10.1. The van der Waals surface area contributed by atoms with Crippen molar-refractivity contribution >= 4 is 11.6 Å². The predicted molar refractivity (Wildman–Crippen MR) is 55.1 cm³/mol. The average molecular weight is 251 g/mol. The van der Waals surface area contributed by atoms with Gasteiger partial charge in [0.2, 0.25) is 0 Å². The molecule has 4 bridgehead atoms. The average Bonchev–Trinajstić information content (AvgIpc) is 2.12. The second-order valence-corrected chi connectivity index (χ2v) is 4.96. The van der Waals surface area contributed by atoms with Gasteiger partial charge < -0.3 is 12.4 Å². The Morgan fingerprint density at radius 1 is 1.47 bits per heavy atom. The Morgan fingerprint density at radius 2 is 2.33 bits per heavy atom. The maximum atomic E-state index is 5.61. The van der Waals surface area contributed by atoms with Gasteiger partial charge in [-0.2, -0.15) is 5.01 Å². The number of hydrazine groups is 1. The van der Waals surface area contributed by atoms with Gasteiger partial charge in [-0.25, -0.2) is 10.3 Å². The van der Waals surface area contributed by atoms with E-state index in [0.29, 0.717) is 6.04 Å². The maximum Gasteiger partial charge on any atom is 0.150 e. The Kier molecular flexibility index (Phi) is 3.26. The minimum absolute atomic E-state index is 0. The molecule has 0 aromatic carbocycles. The summed E-state index contributed by atoms with van der Waals surface area (Å²) < 4.78 is 1.15. The smallest absolute Gasteiger partial charge is 0.150 e. The van der Waals surface area contributed by atoms with Crippen molar-refractivity contribution in [3.63, 3.8) is 0 Å². The van der Waals surface area contributed by atoms with Crippen LogP contribution in [0.2, 0.25) is 0 Å². The Hall–Kier alpha value is 0.160. The maximum absolute atomic E-state index is 5.61. The highest BCUT2D eigenvalue weighted by atomic mass is 35.5. The molecule has 0 aromatic heterocycles. The molecule has 4 nitrogen and oxygen atoms in total. The van der Waals surface area contributed by atoms with Crippen LogP contribution in [0.1, 0.15) is 0 Å². The van der Waals surface area contributed by atoms with Crippen LogP contribution in [-0.4, -0.2) is 60.1 Å². The van der Waals surface area contributed by atoms with Crippen molar-refractivity contribution in [1.29, 1.82) is 0 Å². The molecule has 15 heavy (non-hydrogen) atoms. The molecule has 0 spiro atoms. The van der Waals surface area contributed by atoms with Gasteiger partial charge in [0.25, 0.3) is 0 Å². The molecule has 1 N–H and O–H groups in total. The second-order valence-electron chi connectivity index (χ2n) is 4.71. The Morgan fingerprint density at radius 3 is 3.00 bits per heavy atom. The lowest BCUT2D eigenvalue weighted by Crippen LogP contribution is -3.00. The normalized spacial score (nSPS) is 47.1. The zero-order chi connectivity index (χ0) is 9.60. The topological polar surface area (TPSA) is 18.5 Å². The van der Waals surface area contributed by atoms with Crippen molar-refractivity contribution in [2.45, 2.75) is 6.04 Å². The second kappa shape index (κ2) is 4.20. The fourth-order valence-electron chi connectivity index (χ4n) is 3.10. The largest absolute Gasteiger partial charge is 1.00 e. The summed E-state index contributed by atoms with van der Waals surface area (Å²) in [7, 11) is 0. The van der Waals surface area contributed by atoms with E-state index in [2.05, 4.69) is 21.4 Å². The number of nitrogens with zero attached hydrogens (tertiary/aromatic N) is 3. The van der Waals surface area contributed by atoms with Gasteiger partial charge in [0.05, 0.1) is 19.3 Å². The van der Waals surface area contributed by atoms with Crippen LogP contribution in [0.3, 0.4) is 0 Å². The summed E-state index contributed by atoms with van der Waals surface area (Å²) in [5.41, 5.74) is 5.18. The van der Waals surface area contributed by atoms with Crippen molar-refractivity contribution in [2.75, 3.05) is 39.6 Å². The quantitative estimate of drug-likeness (QED) is 0.526. The number of hydrogen-bond donors (Lipinski definition) is 1. The first-order valence-corrected chi connectivity index (χ1v) is 5.57. The molecular weight excluding hydrogens is 235 g/mol. The minimum Gasteiger partial charge on any atom is -1.00 e. The van der Waals surface area contributed by atoms with Crippen molar-refractivity contribution in [3.8, 4) is 0 Å². The van der Waals surface area contributed by atoms with Gasteiger partial charge in [0.1, 0.15) is 19.9 Å². The summed E-state index contributed by atoms with van der Waals surface area (Å²) in [6.45, 7) is 6.91. The Balaban J connectivity index is 0.000000853. The first-order valence-electron chi connectivity index (χ1n) is 5.13. The van der Waals surface area contributed by atoms with Crippen molar-refractivity contribution < 1.29 is 16.9 Å². The molecule has 4 aliphatic rings. The van der Waals surface area contributed by atoms with E-state index in [9.17, 15) is 0 Å². The van der Waals surface area contributed by atoms with Crippen molar-refractivity contribution in [2.24, 2.45) is 0 Å². The first kappa shape index (κ1) is 11.6. The molecule has 4 rings (SSSR count). The molecule has 86 valence electrons. The van der Waals surface area contributed by atoms with Crippen LogP contribution in [-0.2, 0) is 0 Å². The molecule has 4 atom stereocenters. The van der Waals surface area contributed by atoms with Crippen LogP contribution in [0.25, 0.3) is 0 Å². The van der Waals surface area contributed by atoms with E-state index in [1.807, 2.05) is 0 Å². The highest BCUT2D eigenvalue weighted by Gasteiger charge is 2.48. The van der Waals surface area contributed by atoms with Crippen molar-refractivity contribution in [1.82, 2.24) is 15.3 Å². The van der Waals surface area contributed by atoms with Gasteiger partial charge in [0, 0.05) is 12.1 Å². The lowest BCUT2D eigenvalue weighted by Gasteiger charge is -2.59. The first-order chi connectivity index (χ1) is 6.80. The van der Waals surface area contributed by atoms with Crippen LogP contribution in [0, 0.1) is 0 Å². The zero-order valence-electron chi connectivity index (χ0n) is 8.57. The molecule has 4 fully saturated rings. The summed E-state index contributed by atoms with van der Waals surface area (Å²) in [6.07, 6.45) is 2.08. The molecule has 0 amide bonds. The van der Waals surface area contributed by atoms with Crippen LogP contribution < -0.4 is 17.8 Å². The Bertz CT molecular complexity index is 234. The van der Waals surface area contributed by atoms with E-state index in [-0.39, 0.29) is 12.4 Å². The Labute approximate surface area is 101 Å². The van der Waals surface area contributed by atoms with E-state index >= 15 is 0 Å². The third-order valence-electron chi connectivity index (χ3n) is 3.37. The number of nitrogens with one attached hydrogen (secondary N) is 1. The van der Waals surface area contributed by atoms with Crippen LogP contribution >= 0.6 is 11.6 Å². The van der Waals surface area contributed by atoms with Gasteiger partial charge in [-0.1, -0.05) is 11.6 Å². The zero-order valence-corrected chi connectivity index (χ0v) is 10.1. The van der Waals surface area contributed by atoms with E-state index in [1.165, 1.54) is 19.8 Å². The molecule has 0 aromatic rings. The number of halogens is 2. The van der Waals surface area contributed by atoms with Gasteiger partial charge >= 0.3 is 0 Å². The molecule has 4 unspecified atom stereocenters. The third kappa shape index (κ3) is 2.02. The standard InChI is InChI=1S/C9H16ClN4.ClH/c10-2-1-3-14-5-9-4-12(7-14)6-13(8-14)11-9;/h1-2,9,11H,3-8H2;1H/q+1;/p-1. The van der Waals surface area contributed by atoms with Crippen LogP contribution in [0.5, 0.6) is 0 Å². The van der Waals surface area contributed by atoms with E-state index in [4.69, 9.17) is 11.6 Å². The summed E-state index contributed by atoms with van der Waals surface area (Å²) in [5.74, 6) is 0. The van der Waals surface area contributed by atoms with E-state index in [1.54, 1.807) is 5.54 Å². The third-order valence-corrected chi connectivity index (χ3v) is 3.55. The molecule has 0 aliphatic carbocycles. The van der Waals surface area contributed by atoms with Gasteiger partial charge in [-0.05, 0) is 6.08 Å². The molecule has 4 heterocycles. The number of rotatable bonds is 2. The molecule has 0 saturated carbocycles. The molecule has 0 radical (unpaired) electrons. The minimum atomic E-state index is 0. The van der Waals surface area contributed by atoms with Gasteiger partial charge in [-0.15, -0.1) is 0 Å². The highest BCUT2D eigenvalue weighted by Crippen LogP contribution is 2.26. The summed E-state index contributed by atoms with van der Waals surface area (Å²) in [5, 5.41) is 2.34. The van der Waals surface area contributed by atoms with Crippen LogP contribution in [0.4, 0.5) is 0 Å². The van der Waals surface area contributed by atoms with Crippen molar-refractivity contribution in [3.05, 3.63) is 11.6 Å². The summed E-state index contributed by atoms with van der Waals surface area (Å²) in [6, 6.07) is 0.648.